The van der Waals surface area contributed by atoms with Gasteiger partial charge < -0.3 is 9.16 Å². The largest absolute Gasteiger partial charge is 0.487 e. The number of nitrogens with zero attached hydrogens (tertiary/aromatic N) is 5. The Morgan fingerprint density at radius 1 is 1.45 bits per heavy atom. The monoisotopic (exact) mass is 297 g/mol. The molecule has 112 valence electrons. The molecule has 8 heteroatoms. The van der Waals surface area contributed by atoms with Crippen LogP contribution in [0.15, 0.2) is 10.1 Å². The van der Waals surface area contributed by atoms with Crippen LogP contribution in [0.4, 0.5) is 0 Å². The summed E-state index contributed by atoms with van der Waals surface area (Å²) in [5.41, 5.74) is 8.47. The summed E-state index contributed by atoms with van der Waals surface area (Å²) in [5.74, 6) is 0. The molecule has 0 aliphatic heterocycles. The molecule has 0 aromatic carbocycles. The van der Waals surface area contributed by atoms with E-state index in [1.54, 1.807) is 0 Å². The molecule has 2 atom stereocenters. The molecule has 0 radical (unpaired) electrons. The van der Waals surface area contributed by atoms with E-state index in [4.69, 9.17) is 14.7 Å². The van der Waals surface area contributed by atoms with Crippen molar-refractivity contribution in [2.45, 2.75) is 51.0 Å². The predicted octanol–water partition coefficient (Wildman–Crippen LogP) is 3.25. The maximum atomic E-state index is 9.20. The average Bonchev–Trinajstić information content (AvgIpc) is 2.34. The van der Waals surface area contributed by atoms with E-state index in [1.165, 1.54) is 13.5 Å². The molecule has 0 aliphatic rings. The van der Waals surface area contributed by atoms with E-state index >= 15 is 0 Å². The van der Waals surface area contributed by atoms with Crippen LogP contribution < -0.4 is 0 Å². The van der Waals surface area contributed by atoms with E-state index in [0.29, 0.717) is 0 Å². The van der Waals surface area contributed by atoms with E-state index in [-0.39, 0.29) is 11.6 Å². The third-order valence-electron chi connectivity index (χ3n) is 3.39. The maximum absolute atomic E-state index is 9.20. The fraction of sp³-hybridized carbons (Fsp3) is 0.833. The first-order valence-electron chi connectivity index (χ1n) is 6.32. The molecule has 0 N–H and O–H groups in total. The van der Waals surface area contributed by atoms with Gasteiger partial charge in [-0.1, -0.05) is 25.9 Å². The molecular formula is C12H23N5O2Si. The van der Waals surface area contributed by atoms with Crippen LogP contribution in [0.3, 0.4) is 0 Å². The molecule has 0 amide bonds. The smallest absolute Gasteiger partial charge is 0.192 e. The van der Waals surface area contributed by atoms with Crippen molar-refractivity contribution < 1.29 is 9.16 Å². The van der Waals surface area contributed by atoms with Crippen LogP contribution in [0.2, 0.25) is 18.1 Å². The minimum Gasteiger partial charge on any atom is -0.487 e. The number of ether oxygens (including phenoxy) is 1. The number of hydrogen-bond donors (Lipinski definition) is 0. The minimum absolute atomic E-state index is 0.00736. The van der Waals surface area contributed by atoms with Gasteiger partial charge in [-0.2, -0.15) is 5.26 Å². The molecule has 7 nitrogen and oxygen atoms in total. The van der Waals surface area contributed by atoms with Gasteiger partial charge in [-0.3, -0.25) is 0 Å². The molecule has 0 bridgehead atoms. The Morgan fingerprint density at radius 3 is 2.45 bits per heavy atom. The quantitative estimate of drug-likeness (QED) is 0.180. The van der Waals surface area contributed by atoms with Crippen LogP contribution in [0.25, 0.3) is 10.4 Å². The maximum Gasteiger partial charge on any atom is 0.192 e. The zero-order valence-electron chi connectivity index (χ0n) is 13.0. The van der Waals surface area contributed by atoms with Gasteiger partial charge in [0.1, 0.15) is 0 Å². The standard InChI is InChI=1S/C12H23N5O2Si/c1-12(2,3)20(5,6)19-11(8-16-17-14)10(7-13)15-9-18-4/h9-11H,8H2,1-6H3/b15-9-/t10-,11-/m1/s1. The Bertz CT molecular complexity index is 419. The van der Waals surface area contributed by atoms with Gasteiger partial charge in [-0.25, -0.2) is 4.99 Å². The van der Waals surface area contributed by atoms with E-state index in [0.717, 1.165) is 0 Å². The van der Waals surface area contributed by atoms with Crippen molar-refractivity contribution in [3.63, 3.8) is 0 Å². The molecule has 20 heavy (non-hydrogen) atoms. The second kappa shape index (κ2) is 7.90. The third-order valence-corrected chi connectivity index (χ3v) is 7.89. The molecular weight excluding hydrogens is 274 g/mol. The number of nitriles is 1. The van der Waals surface area contributed by atoms with Crippen LogP contribution in [0.5, 0.6) is 0 Å². The van der Waals surface area contributed by atoms with Crippen LogP contribution in [0, 0.1) is 11.3 Å². The van der Waals surface area contributed by atoms with Crippen molar-refractivity contribution >= 4 is 14.7 Å². The lowest BCUT2D eigenvalue weighted by Gasteiger charge is -2.39. The number of aliphatic imine (C=N–C) groups is 1. The normalized spacial score (nSPS) is 15.2. The molecule has 0 unspecified atom stereocenters. The summed E-state index contributed by atoms with van der Waals surface area (Å²) >= 11 is 0. The molecule has 0 saturated heterocycles. The summed E-state index contributed by atoms with van der Waals surface area (Å²) in [6.45, 7) is 10.5. The van der Waals surface area contributed by atoms with E-state index < -0.39 is 20.5 Å². The topological polar surface area (TPSA) is 103 Å². The van der Waals surface area contributed by atoms with Crippen LogP contribution in [-0.2, 0) is 9.16 Å². The van der Waals surface area contributed by atoms with Gasteiger partial charge in [0.2, 0.25) is 0 Å². The third kappa shape index (κ3) is 5.61. The van der Waals surface area contributed by atoms with Crippen molar-refractivity contribution in [1.29, 1.82) is 5.26 Å². The second-order valence-electron chi connectivity index (χ2n) is 5.89. The molecule has 0 spiro atoms. The van der Waals surface area contributed by atoms with Gasteiger partial charge in [-0.15, -0.1) is 0 Å². The molecule has 0 rings (SSSR count). The van der Waals surface area contributed by atoms with Gasteiger partial charge >= 0.3 is 0 Å². The highest BCUT2D eigenvalue weighted by Gasteiger charge is 2.40. The average molecular weight is 297 g/mol. The zero-order chi connectivity index (χ0) is 15.8. The lowest BCUT2D eigenvalue weighted by molar-refractivity contribution is 0.176. The Morgan fingerprint density at radius 2 is 2.05 bits per heavy atom. The molecule has 0 fully saturated rings. The Kier molecular flexibility index (Phi) is 7.28. The van der Waals surface area contributed by atoms with Gasteiger partial charge in [0.15, 0.2) is 20.8 Å². The van der Waals surface area contributed by atoms with Crippen LogP contribution >= 0.6 is 0 Å². The van der Waals surface area contributed by atoms with E-state index in [9.17, 15) is 5.26 Å². The number of rotatable bonds is 7. The summed E-state index contributed by atoms with van der Waals surface area (Å²) in [7, 11) is -0.632. The SMILES string of the molecule is CO/C=N\[C@H](C#N)[C@@H](CN=[N+]=[N-])O[Si](C)(C)C(C)(C)C. The van der Waals surface area contributed by atoms with Crippen molar-refractivity contribution in [2.24, 2.45) is 10.1 Å². The summed E-state index contributed by atoms with van der Waals surface area (Å²) in [5, 5.41) is 12.7. The minimum atomic E-state index is -2.09. The molecule has 0 aliphatic carbocycles. The van der Waals surface area contributed by atoms with Gasteiger partial charge in [-0.05, 0) is 23.7 Å². The first kappa shape index (κ1) is 18.4. The van der Waals surface area contributed by atoms with Crippen molar-refractivity contribution in [3.8, 4) is 6.07 Å². The van der Waals surface area contributed by atoms with E-state index in [2.05, 4.69) is 55.0 Å². The van der Waals surface area contributed by atoms with Crippen molar-refractivity contribution in [3.05, 3.63) is 10.4 Å². The number of azide groups is 1. The van der Waals surface area contributed by atoms with Crippen LogP contribution in [-0.4, -0.2) is 40.5 Å². The fourth-order valence-electron chi connectivity index (χ4n) is 1.21. The Labute approximate surface area is 121 Å². The summed E-state index contributed by atoms with van der Waals surface area (Å²) in [4.78, 5) is 6.72. The Balaban J connectivity index is 5.20. The molecule has 0 aromatic rings. The fourth-order valence-corrected chi connectivity index (χ4v) is 2.53. The molecule has 0 saturated carbocycles. The number of hydrogen-bond acceptors (Lipinski definition) is 5. The van der Waals surface area contributed by atoms with Gasteiger partial charge in [0.05, 0.1) is 25.8 Å². The summed E-state index contributed by atoms with van der Waals surface area (Å²) < 4.78 is 10.9. The Hall–Kier alpha value is -1.55. The van der Waals surface area contributed by atoms with Crippen molar-refractivity contribution in [1.82, 2.24) is 0 Å². The zero-order valence-corrected chi connectivity index (χ0v) is 14.0. The van der Waals surface area contributed by atoms with E-state index in [1.807, 2.05) is 0 Å². The predicted molar refractivity (Wildman–Crippen MR) is 81.0 cm³/mol. The van der Waals surface area contributed by atoms with Gasteiger partial charge in [0.25, 0.3) is 0 Å². The first-order valence-corrected chi connectivity index (χ1v) is 9.23. The summed E-state index contributed by atoms with van der Waals surface area (Å²) in [6.07, 6.45) is 0.634. The molecule has 0 aromatic heterocycles. The van der Waals surface area contributed by atoms with Crippen LogP contribution in [0.1, 0.15) is 20.8 Å². The number of methoxy groups -OCH3 is 1. The lowest BCUT2D eigenvalue weighted by atomic mass is 10.2. The second-order valence-corrected chi connectivity index (χ2v) is 10.7. The van der Waals surface area contributed by atoms with Gasteiger partial charge in [0, 0.05) is 4.91 Å². The van der Waals surface area contributed by atoms with Crippen molar-refractivity contribution in [2.75, 3.05) is 13.7 Å². The molecule has 0 heterocycles. The highest BCUT2D eigenvalue weighted by molar-refractivity contribution is 6.74. The lowest BCUT2D eigenvalue weighted by Crippen LogP contribution is -2.47. The summed E-state index contributed by atoms with van der Waals surface area (Å²) in [6, 6.07) is 1.30. The highest BCUT2D eigenvalue weighted by Crippen LogP contribution is 2.37. The highest BCUT2D eigenvalue weighted by atomic mass is 28.4. The first-order chi connectivity index (χ1) is 9.19.